The minimum absolute atomic E-state index is 0.361. The van der Waals surface area contributed by atoms with Crippen molar-refractivity contribution in [3.05, 3.63) is 60.7 Å². The molecule has 0 aliphatic rings. The van der Waals surface area contributed by atoms with Crippen LogP contribution in [-0.2, 0) is 0 Å². The summed E-state index contributed by atoms with van der Waals surface area (Å²) in [5, 5.41) is 2.95. The average molecular weight is 266 g/mol. The third-order valence-corrected chi connectivity index (χ3v) is 5.61. The van der Waals surface area contributed by atoms with E-state index in [9.17, 15) is 0 Å². The van der Waals surface area contributed by atoms with Crippen molar-refractivity contribution in [2.24, 2.45) is 5.41 Å². The van der Waals surface area contributed by atoms with E-state index >= 15 is 0 Å². The Morgan fingerprint density at radius 2 is 1.21 bits per heavy atom. The third kappa shape index (κ3) is 4.29. The van der Waals surface area contributed by atoms with E-state index < -0.39 is 8.41 Å². The summed E-state index contributed by atoms with van der Waals surface area (Å²) in [6, 6.07) is 21.8. The maximum absolute atomic E-state index is 2.55. The quantitative estimate of drug-likeness (QED) is 0.749. The van der Waals surface area contributed by atoms with Gasteiger partial charge in [-0.1, -0.05) is 87.1 Å². The first-order valence-electron chi connectivity index (χ1n) is 6.87. The second-order valence-electron chi connectivity index (χ2n) is 6.11. The second-order valence-corrected chi connectivity index (χ2v) is 8.50. The molecule has 0 N–H and O–H groups in total. The number of rotatable bonds is 3. The van der Waals surface area contributed by atoms with Gasteiger partial charge in [0.1, 0.15) is 0 Å². The van der Waals surface area contributed by atoms with Gasteiger partial charge in [-0.25, -0.2) is 0 Å². The molecule has 98 valence electrons. The molecular weight excluding hydrogens is 244 g/mol. The van der Waals surface area contributed by atoms with Crippen LogP contribution in [0.5, 0.6) is 0 Å². The van der Waals surface area contributed by atoms with Gasteiger partial charge in [-0.05, 0) is 22.2 Å². The first kappa shape index (κ1) is 13.9. The molecule has 1 heteroatoms. The van der Waals surface area contributed by atoms with E-state index in [0.717, 1.165) is 6.42 Å². The molecule has 0 spiro atoms. The van der Waals surface area contributed by atoms with Gasteiger partial charge in [0.05, 0.1) is 8.41 Å². The average Bonchev–Trinajstić information content (AvgIpc) is 2.40. The smallest absolute Gasteiger partial charge is 0.0760 e. The van der Waals surface area contributed by atoms with E-state index in [0.29, 0.717) is 5.41 Å². The van der Waals surface area contributed by atoms with Gasteiger partial charge in [0.2, 0.25) is 0 Å². The predicted molar refractivity (Wildman–Crippen MR) is 88.0 cm³/mol. The van der Waals surface area contributed by atoms with Crippen LogP contribution in [0, 0.1) is 5.41 Å². The molecule has 0 fully saturated rings. The Labute approximate surface area is 118 Å². The Morgan fingerprint density at radius 1 is 0.789 bits per heavy atom. The second kappa shape index (κ2) is 6.11. The SMILES string of the molecule is CC(C)(C)CC=[Si](c1ccccc1)c1ccccc1. The zero-order chi connectivity index (χ0) is 13.7. The van der Waals surface area contributed by atoms with Gasteiger partial charge in [-0.15, -0.1) is 0 Å². The van der Waals surface area contributed by atoms with Crippen molar-refractivity contribution in [2.75, 3.05) is 0 Å². The van der Waals surface area contributed by atoms with Crippen LogP contribution in [0.3, 0.4) is 0 Å². The van der Waals surface area contributed by atoms with Crippen molar-refractivity contribution in [3.63, 3.8) is 0 Å². The minimum Gasteiger partial charge on any atom is -0.0948 e. The first-order chi connectivity index (χ1) is 9.06. The fourth-order valence-electron chi connectivity index (χ4n) is 2.05. The van der Waals surface area contributed by atoms with Crippen LogP contribution >= 0.6 is 0 Å². The van der Waals surface area contributed by atoms with E-state index in [-0.39, 0.29) is 0 Å². The fraction of sp³-hybridized carbons (Fsp3) is 0.278. The molecule has 0 radical (unpaired) electrons. The third-order valence-electron chi connectivity index (χ3n) is 3.09. The largest absolute Gasteiger partial charge is 0.0948 e. The predicted octanol–water partition coefficient (Wildman–Crippen LogP) is 3.12. The van der Waals surface area contributed by atoms with E-state index in [4.69, 9.17) is 0 Å². The van der Waals surface area contributed by atoms with E-state index in [1.807, 2.05) is 0 Å². The first-order valence-corrected chi connectivity index (χ1v) is 8.45. The zero-order valence-corrected chi connectivity index (χ0v) is 13.1. The molecule has 19 heavy (non-hydrogen) atoms. The van der Waals surface area contributed by atoms with Crippen LogP contribution in [0.4, 0.5) is 0 Å². The molecule has 0 nitrogen and oxygen atoms in total. The Bertz CT molecular complexity index is 491. The maximum Gasteiger partial charge on any atom is 0.0760 e. The summed E-state index contributed by atoms with van der Waals surface area (Å²) in [6.45, 7) is 6.91. The van der Waals surface area contributed by atoms with Gasteiger partial charge >= 0.3 is 0 Å². The highest BCUT2D eigenvalue weighted by Crippen LogP contribution is 2.16. The zero-order valence-electron chi connectivity index (χ0n) is 12.1. The molecule has 2 aromatic carbocycles. The van der Waals surface area contributed by atoms with Gasteiger partial charge in [0, 0.05) is 0 Å². The monoisotopic (exact) mass is 266 g/mol. The van der Waals surface area contributed by atoms with Gasteiger partial charge in [-0.2, -0.15) is 0 Å². The fourth-order valence-corrected chi connectivity index (χ4v) is 4.77. The molecule has 0 aliphatic carbocycles. The topological polar surface area (TPSA) is 0 Å². The van der Waals surface area contributed by atoms with Crippen LogP contribution in [-0.4, -0.2) is 14.1 Å². The van der Waals surface area contributed by atoms with Crippen molar-refractivity contribution >= 4 is 24.5 Å². The number of hydrogen-bond acceptors (Lipinski definition) is 0. The van der Waals surface area contributed by atoms with Crippen LogP contribution in [0.2, 0.25) is 0 Å². The molecule has 0 atom stereocenters. The lowest BCUT2D eigenvalue weighted by Gasteiger charge is -2.17. The number of benzene rings is 2. The van der Waals surface area contributed by atoms with Gasteiger partial charge < -0.3 is 0 Å². The molecule has 0 saturated heterocycles. The molecule has 0 saturated carbocycles. The summed E-state index contributed by atoms with van der Waals surface area (Å²) in [4.78, 5) is 0. The molecule has 0 aromatic heterocycles. The summed E-state index contributed by atoms with van der Waals surface area (Å²) < 4.78 is 0. The van der Waals surface area contributed by atoms with Crippen LogP contribution in [0.15, 0.2) is 60.7 Å². The molecule has 2 rings (SSSR count). The molecule has 0 amide bonds. The Balaban J connectivity index is 2.40. The minimum atomic E-state index is -0.758. The summed E-state index contributed by atoms with van der Waals surface area (Å²) in [6.07, 6.45) is 1.16. The molecule has 0 unspecified atom stereocenters. The molecule has 0 heterocycles. The molecule has 2 aromatic rings. The molecular formula is C18H22Si. The highest BCUT2D eigenvalue weighted by molar-refractivity contribution is 6.88. The summed E-state index contributed by atoms with van der Waals surface area (Å²) in [7, 11) is -0.758. The van der Waals surface area contributed by atoms with Crippen molar-refractivity contribution in [3.8, 4) is 0 Å². The van der Waals surface area contributed by atoms with Crippen molar-refractivity contribution in [1.29, 1.82) is 0 Å². The molecule has 0 aliphatic heterocycles. The van der Waals surface area contributed by atoms with E-state index in [2.05, 4.69) is 87.1 Å². The standard InChI is InChI=1S/C18H22Si/c1-18(2,3)14-15-19(16-10-6-4-7-11-16)17-12-8-5-9-13-17/h4-13,15H,14H2,1-3H3. The van der Waals surface area contributed by atoms with Gasteiger partial charge in [0.25, 0.3) is 0 Å². The van der Waals surface area contributed by atoms with E-state index in [1.165, 1.54) is 10.4 Å². The highest BCUT2D eigenvalue weighted by atomic mass is 28.2. The summed E-state index contributed by atoms with van der Waals surface area (Å²) in [5.74, 6) is 0. The lowest BCUT2D eigenvalue weighted by Crippen LogP contribution is -2.36. The normalized spacial score (nSPS) is 11.1. The van der Waals surface area contributed by atoms with Gasteiger partial charge in [0.15, 0.2) is 0 Å². The van der Waals surface area contributed by atoms with Crippen molar-refractivity contribution in [1.82, 2.24) is 0 Å². The van der Waals surface area contributed by atoms with Crippen LogP contribution in [0.1, 0.15) is 27.2 Å². The Hall–Kier alpha value is -1.47. The lowest BCUT2D eigenvalue weighted by atomic mass is 9.94. The highest BCUT2D eigenvalue weighted by Gasteiger charge is 2.11. The van der Waals surface area contributed by atoms with E-state index in [1.54, 1.807) is 0 Å². The lowest BCUT2D eigenvalue weighted by molar-refractivity contribution is 0.439. The maximum atomic E-state index is 2.55. The van der Waals surface area contributed by atoms with Crippen molar-refractivity contribution in [2.45, 2.75) is 27.2 Å². The Morgan fingerprint density at radius 3 is 1.58 bits per heavy atom. The van der Waals surface area contributed by atoms with Crippen LogP contribution < -0.4 is 10.4 Å². The molecule has 0 bridgehead atoms. The number of hydrogen-bond donors (Lipinski definition) is 0. The van der Waals surface area contributed by atoms with Crippen LogP contribution in [0.25, 0.3) is 0 Å². The Kier molecular flexibility index (Phi) is 4.49. The van der Waals surface area contributed by atoms with Gasteiger partial charge in [-0.3, -0.25) is 0 Å². The summed E-state index contributed by atoms with van der Waals surface area (Å²) in [5.41, 5.74) is 2.91. The summed E-state index contributed by atoms with van der Waals surface area (Å²) >= 11 is 0. The van der Waals surface area contributed by atoms with Crippen molar-refractivity contribution < 1.29 is 0 Å².